The van der Waals surface area contributed by atoms with Gasteiger partial charge in [0.1, 0.15) is 0 Å². The molecule has 0 unspecified atom stereocenters. The van der Waals surface area contributed by atoms with Gasteiger partial charge in [0, 0.05) is 5.92 Å². The lowest BCUT2D eigenvalue weighted by molar-refractivity contribution is -0.126. The molecule has 1 saturated carbocycles. The third kappa shape index (κ3) is 3.66. The number of fused-ring (bicyclic) bond motifs is 4. The average Bonchev–Trinajstić information content (AvgIpc) is 3.40. The van der Waals surface area contributed by atoms with Crippen molar-refractivity contribution in [3.05, 3.63) is 96.1 Å². The first kappa shape index (κ1) is 25.3. The summed E-state index contributed by atoms with van der Waals surface area (Å²) in [6.07, 6.45) is 2.66. The maximum atomic E-state index is 14.1. The van der Waals surface area contributed by atoms with E-state index >= 15 is 0 Å². The first-order chi connectivity index (χ1) is 19.9. The van der Waals surface area contributed by atoms with Gasteiger partial charge in [-0.15, -0.1) is 0 Å². The Morgan fingerprint density at radius 3 is 1.88 bits per heavy atom. The molecule has 206 valence electrons. The largest absolute Gasteiger partial charge is 0.504 e. The van der Waals surface area contributed by atoms with E-state index in [1.54, 1.807) is 66.7 Å². The van der Waals surface area contributed by atoms with Gasteiger partial charge < -0.3 is 9.84 Å². The van der Waals surface area contributed by atoms with Gasteiger partial charge in [0.05, 0.1) is 42.2 Å². The van der Waals surface area contributed by atoms with Crippen LogP contribution in [-0.4, -0.2) is 35.8 Å². The maximum Gasteiger partial charge on any atom is 0.238 e. The van der Waals surface area contributed by atoms with Gasteiger partial charge in [-0.1, -0.05) is 54.1 Å². The summed E-state index contributed by atoms with van der Waals surface area (Å²) >= 11 is 0. The minimum atomic E-state index is -0.702. The summed E-state index contributed by atoms with van der Waals surface area (Å²) in [6.45, 7) is 0. The van der Waals surface area contributed by atoms with E-state index in [0.717, 1.165) is 5.57 Å². The molecule has 8 nitrogen and oxygen atoms in total. The Hall–Kier alpha value is -4.72. The van der Waals surface area contributed by atoms with E-state index in [2.05, 4.69) is 0 Å². The van der Waals surface area contributed by atoms with E-state index in [1.807, 2.05) is 18.2 Å². The van der Waals surface area contributed by atoms with Crippen molar-refractivity contribution in [3.63, 3.8) is 0 Å². The molecule has 0 bridgehead atoms. The number of carbonyl (C=O) groups excluding carboxylic acids is 4. The minimum absolute atomic E-state index is 0.0722. The summed E-state index contributed by atoms with van der Waals surface area (Å²) in [5.41, 5.74) is 2.58. The van der Waals surface area contributed by atoms with Gasteiger partial charge in [0.25, 0.3) is 0 Å². The standard InChI is InChI=1S/C33H28N2O6/c1-41-26-15-12-18(16-25(26)36)27-21-13-14-22-28(32(39)34(30(22)37)19-8-4-2-5-9-19)23(21)17-24-29(27)33(40)35(31(24)38)20-10-6-3-7-11-20/h2-13,15-16,22-24,27-29,36H,14,17H2,1H3/t22-,23+,24+,27-,28-,29+/m0/s1. The summed E-state index contributed by atoms with van der Waals surface area (Å²) in [6, 6.07) is 22.8. The molecule has 0 spiro atoms. The monoisotopic (exact) mass is 548 g/mol. The molecule has 4 amide bonds. The third-order valence-corrected chi connectivity index (χ3v) is 9.24. The second kappa shape index (κ2) is 9.44. The minimum Gasteiger partial charge on any atom is -0.504 e. The van der Waals surface area contributed by atoms with Crippen LogP contribution in [0.3, 0.4) is 0 Å². The van der Waals surface area contributed by atoms with Crippen LogP contribution in [0.15, 0.2) is 90.5 Å². The van der Waals surface area contributed by atoms with Crippen molar-refractivity contribution in [1.29, 1.82) is 0 Å². The fourth-order valence-corrected chi connectivity index (χ4v) is 7.53. The summed E-state index contributed by atoms with van der Waals surface area (Å²) in [5.74, 6) is -4.37. The highest BCUT2D eigenvalue weighted by Gasteiger charge is 2.62. The van der Waals surface area contributed by atoms with Crippen LogP contribution in [-0.2, 0) is 19.2 Å². The van der Waals surface area contributed by atoms with Crippen LogP contribution >= 0.6 is 0 Å². The van der Waals surface area contributed by atoms with Crippen LogP contribution < -0.4 is 14.5 Å². The first-order valence-electron chi connectivity index (χ1n) is 13.8. The molecule has 2 aliphatic heterocycles. The predicted molar refractivity (Wildman–Crippen MR) is 150 cm³/mol. The molecular weight excluding hydrogens is 520 g/mol. The van der Waals surface area contributed by atoms with Gasteiger partial charge in [0.15, 0.2) is 11.5 Å². The molecule has 6 atom stereocenters. The lowest BCUT2D eigenvalue weighted by Crippen LogP contribution is -2.43. The van der Waals surface area contributed by atoms with E-state index in [9.17, 15) is 24.3 Å². The number of aromatic hydroxyl groups is 1. The summed E-state index contributed by atoms with van der Waals surface area (Å²) in [5, 5.41) is 10.7. The first-order valence-corrected chi connectivity index (χ1v) is 13.8. The number of anilines is 2. The van der Waals surface area contributed by atoms with Gasteiger partial charge in [-0.2, -0.15) is 0 Å². The smallest absolute Gasteiger partial charge is 0.238 e. The molecule has 4 aliphatic rings. The number of carbonyl (C=O) groups is 4. The van der Waals surface area contributed by atoms with E-state index in [-0.39, 0.29) is 29.4 Å². The van der Waals surface area contributed by atoms with Gasteiger partial charge in [-0.25, -0.2) is 0 Å². The zero-order valence-electron chi connectivity index (χ0n) is 22.3. The highest BCUT2D eigenvalue weighted by Crippen LogP contribution is 2.58. The van der Waals surface area contributed by atoms with E-state index in [4.69, 9.17) is 4.74 Å². The summed E-state index contributed by atoms with van der Waals surface area (Å²) in [4.78, 5) is 58.1. The number of hydrogen-bond donors (Lipinski definition) is 1. The van der Waals surface area contributed by atoms with Crippen molar-refractivity contribution in [2.45, 2.75) is 18.8 Å². The second-order valence-electron chi connectivity index (χ2n) is 11.2. The Morgan fingerprint density at radius 2 is 1.29 bits per heavy atom. The number of hydrogen-bond acceptors (Lipinski definition) is 6. The quantitative estimate of drug-likeness (QED) is 0.382. The Bertz CT molecular complexity index is 1620. The number of nitrogens with zero attached hydrogens (tertiary/aromatic N) is 2. The SMILES string of the molecule is COc1ccc([C@H]2C3=CC[C@@H]4C(=O)N(c5ccccc5)C(=O)[C@@H]4[C@@H]3C[C@H]3C(=O)N(c4ccccc4)C(=O)[C@@H]23)cc1O. The Balaban J connectivity index is 1.35. The van der Waals surface area contributed by atoms with Gasteiger partial charge in [0.2, 0.25) is 23.6 Å². The molecule has 1 N–H and O–H groups in total. The van der Waals surface area contributed by atoms with Gasteiger partial charge >= 0.3 is 0 Å². The number of allylic oxidation sites excluding steroid dienone is 2. The number of benzene rings is 3. The molecule has 2 heterocycles. The van der Waals surface area contributed by atoms with Crippen LogP contribution in [0.5, 0.6) is 11.5 Å². The normalized spacial score (nSPS) is 28.8. The number of imide groups is 2. The Labute approximate surface area is 236 Å². The van der Waals surface area contributed by atoms with Crippen LogP contribution in [0, 0.1) is 29.6 Å². The zero-order chi connectivity index (χ0) is 28.4. The zero-order valence-corrected chi connectivity index (χ0v) is 22.3. The Kier molecular flexibility index (Phi) is 5.81. The predicted octanol–water partition coefficient (Wildman–Crippen LogP) is 4.45. The molecule has 3 aromatic rings. The highest BCUT2D eigenvalue weighted by molar-refractivity contribution is 6.24. The van der Waals surface area contributed by atoms with Crippen molar-refractivity contribution in [1.82, 2.24) is 0 Å². The second-order valence-corrected chi connectivity index (χ2v) is 11.2. The van der Waals surface area contributed by atoms with Crippen molar-refractivity contribution in [2.75, 3.05) is 16.9 Å². The lowest BCUT2D eigenvalue weighted by Gasteiger charge is -2.44. The number of rotatable bonds is 4. The molecule has 41 heavy (non-hydrogen) atoms. The van der Waals surface area contributed by atoms with Gasteiger partial charge in [-0.05, 0) is 60.7 Å². The topological polar surface area (TPSA) is 104 Å². The number of methoxy groups -OCH3 is 1. The van der Waals surface area contributed by atoms with Crippen LogP contribution in [0.2, 0.25) is 0 Å². The third-order valence-electron chi connectivity index (χ3n) is 9.24. The molecule has 7 rings (SSSR count). The van der Waals surface area contributed by atoms with E-state index in [0.29, 0.717) is 35.5 Å². The molecule has 3 fully saturated rings. The molecule has 0 aromatic heterocycles. The van der Waals surface area contributed by atoms with Crippen LogP contribution in [0.25, 0.3) is 0 Å². The lowest BCUT2D eigenvalue weighted by atomic mass is 9.57. The summed E-state index contributed by atoms with van der Waals surface area (Å²) < 4.78 is 5.25. The van der Waals surface area contributed by atoms with E-state index < -0.39 is 35.5 Å². The van der Waals surface area contributed by atoms with Crippen molar-refractivity contribution in [3.8, 4) is 11.5 Å². The Morgan fingerprint density at radius 1 is 0.707 bits per heavy atom. The fourth-order valence-electron chi connectivity index (χ4n) is 7.53. The number of phenolic OH excluding ortho intramolecular Hbond substituents is 1. The molecule has 0 radical (unpaired) electrons. The number of amides is 4. The molecule has 2 aliphatic carbocycles. The highest BCUT2D eigenvalue weighted by atomic mass is 16.5. The van der Waals surface area contributed by atoms with E-state index in [1.165, 1.54) is 16.9 Å². The van der Waals surface area contributed by atoms with Crippen LogP contribution in [0.1, 0.15) is 24.3 Å². The van der Waals surface area contributed by atoms with Crippen molar-refractivity contribution in [2.24, 2.45) is 29.6 Å². The maximum absolute atomic E-state index is 14.1. The van der Waals surface area contributed by atoms with Crippen molar-refractivity contribution < 1.29 is 29.0 Å². The number of phenols is 1. The average molecular weight is 549 g/mol. The number of ether oxygens (including phenoxy) is 1. The molecule has 8 heteroatoms. The number of para-hydroxylation sites is 2. The summed E-state index contributed by atoms with van der Waals surface area (Å²) in [7, 11) is 1.46. The molecule has 3 aromatic carbocycles. The van der Waals surface area contributed by atoms with Crippen molar-refractivity contribution >= 4 is 35.0 Å². The molecular formula is C33H28N2O6. The fraction of sp³-hybridized carbons (Fsp3) is 0.273. The molecule has 2 saturated heterocycles. The van der Waals surface area contributed by atoms with Gasteiger partial charge in [-0.3, -0.25) is 29.0 Å². The van der Waals surface area contributed by atoms with Crippen LogP contribution in [0.4, 0.5) is 11.4 Å².